The number of nitrogens with zero attached hydrogens (tertiary/aromatic N) is 4. The topological polar surface area (TPSA) is 67.7 Å². The zero-order chi connectivity index (χ0) is 18.0. The molecule has 0 aliphatic carbocycles. The van der Waals surface area contributed by atoms with Crippen LogP contribution in [0.1, 0.15) is 18.5 Å². The number of benzene rings is 1. The van der Waals surface area contributed by atoms with Crippen LogP contribution in [0.2, 0.25) is 0 Å². The highest BCUT2D eigenvalue weighted by Gasteiger charge is 2.14. The summed E-state index contributed by atoms with van der Waals surface area (Å²) in [6.07, 6.45) is 4.28. The van der Waals surface area contributed by atoms with Crippen LogP contribution in [0.4, 0.5) is 30.6 Å². The van der Waals surface area contributed by atoms with Crippen LogP contribution < -0.4 is 10.6 Å². The van der Waals surface area contributed by atoms with Gasteiger partial charge in [-0.25, -0.2) is 18.2 Å². The predicted octanol–water partition coefficient (Wildman–Crippen LogP) is 3.54. The lowest BCUT2D eigenvalue weighted by molar-refractivity contribution is 0.576. The molecule has 3 rings (SSSR count). The molecule has 0 saturated heterocycles. The maximum atomic E-state index is 14.0. The number of anilines is 3. The van der Waals surface area contributed by atoms with Crippen molar-refractivity contribution in [1.29, 1.82) is 0 Å². The summed E-state index contributed by atoms with van der Waals surface area (Å²) < 4.78 is 42.2. The van der Waals surface area contributed by atoms with Crippen LogP contribution in [0.3, 0.4) is 0 Å². The molecule has 0 aliphatic rings. The lowest BCUT2D eigenvalue weighted by Crippen LogP contribution is -2.11. The van der Waals surface area contributed by atoms with Crippen LogP contribution in [-0.4, -0.2) is 19.7 Å². The molecule has 1 aromatic carbocycles. The van der Waals surface area contributed by atoms with E-state index in [1.54, 1.807) is 31.0 Å². The van der Waals surface area contributed by atoms with Gasteiger partial charge in [-0.2, -0.15) is 10.1 Å². The lowest BCUT2D eigenvalue weighted by atomic mass is 10.1. The van der Waals surface area contributed by atoms with Gasteiger partial charge in [-0.1, -0.05) is 0 Å². The zero-order valence-electron chi connectivity index (χ0n) is 13.5. The Balaban J connectivity index is 1.80. The van der Waals surface area contributed by atoms with Crippen molar-refractivity contribution in [3.05, 3.63) is 59.8 Å². The SMILES string of the molecule is CC(Nc1nc(Nc2cnn(C)c2)ncc1F)c1cc(F)cc(F)c1. The Labute approximate surface area is 141 Å². The van der Waals surface area contributed by atoms with Gasteiger partial charge in [0.15, 0.2) is 11.6 Å². The van der Waals surface area contributed by atoms with Crippen LogP contribution in [0.25, 0.3) is 0 Å². The number of aryl methyl sites for hydroxylation is 1. The number of halogens is 3. The highest BCUT2D eigenvalue weighted by Crippen LogP contribution is 2.23. The second-order valence-electron chi connectivity index (χ2n) is 5.49. The summed E-state index contributed by atoms with van der Waals surface area (Å²) in [5.74, 6) is -2.01. The van der Waals surface area contributed by atoms with E-state index in [4.69, 9.17) is 0 Å². The largest absolute Gasteiger partial charge is 0.361 e. The van der Waals surface area contributed by atoms with E-state index in [0.717, 1.165) is 12.3 Å². The molecule has 6 nitrogen and oxygen atoms in total. The number of hydrogen-bond acceptors (Lipinski definition) is 5. The van der Waals surface area contributed by atoms with Gasteiger partial charge >= 0.3 is 0 Å². The number of rotatable bonds is 5. The van der Waals surface area contributed by atoms with Crippen molar-refractivity contribution in [3.63, 3.8) is 0 Å². The number of nitrogens with one attached hydrogen (secondary N) is 2. The fraction of sp³-hybridized carbons (Fsp3) is 0.188. The molecule has 1 unspecified atom stereocenters. The van der Waals surface area contributed by atoms with E-state index in [2.05, 4.69) is 25.7 Å². The van der Waals surface area contributed by atoms with E-state index in [1.165, 1.54) is 12.1 Å². The molecule has 0 amide bonds. The quantitative estimate of drug-likeness (QED) is 0.738. The molecule has 0 bridgehead atoms. The standard InChI is InChI=1S/C16H15F3N6/c1-9(10-3-11(17)5-12(18)4-10)22-15-14(19)7-20-16(24-15)23-13-6-21-25(2)8-13/h3-9H,1-2H3,(H2,20,22,23,24). The highest BCUT2D eigenvalue weighted by atomic mass is 19.1. The Bertz CT molecular complexity index is 875. The van der Waals surface area contributed by atoms with Crippen LogP contribution in [0.15, 0.2) is 36.8 Å². The number of aromatic nitrogens is 4. The maximum absolute atomic E-state index is 14.0. The molecule has 130 valence electrons. The summed E-state index contributed by atoms with van der Waals surface area (Å²) in [6.45, 7) is 1.64. The second-order valence-corrected chi connectivity index (χ2v) is 5.49. The Kier molecular flexibility index (Phi) is 4.55. The second kappa shape index (κ2) is 6.80. The monoisotopic (exact) mass is 348 g/mol. The minimum absolute atomic E-state index is 0.0847. The van der Waals surface area contributed by atoms with Crippen molar-refractivity contribution in [2.75, 3.05) is 10.6 Å². The van der Waals surface area contributed by atoms with E-state index >= 15 is 0 Å². The molecule has 3 aromatic rings. The molecule has 0 saturated carbocycles. The third kappa shape index (κ3) is 4.06. The van der Waals surface area contributed by atoms with Crippen molar-refractivity contribution in [2.24, 2.45) is 7.05 Å². The summed E-state index contributed by atoms with van der Waals surface area (Å²) in [5, 5.41) is 9.68. The molecule has 0 fully saturated rings. The first-order valence-corrected chi connectivity index (χ1v) is 7.41. The van der Waals surface area contributed by atoms with E-state index in [-0.39, 0.29) is 11.8 Å². The average molecular weight is 348 g/mol. The molecule has 25 heavy (non-hydrogen) atoms. The van der Waals surface area contributed by atoms with E-state index in [0.29, 0.717) is 11.3 Å². The summed E-state index contributed by atoms with van der Waals surface area (Å²) in [6, 6.07) is 2.56. The van der Waals surface area contributed by atoms with Gasteiger partial charge in [0.25, 0.3) is 0 Å². The smallest absolute Gasteiger partial charge is 0.229 e. The molecule has 0 aliphatic heterocycles. The molecule has 0 radical (unpaired) electrons. The van der Waals surface area contributed by atoms with Crippen molar-refractivity contribution in [2.45, 2.75) is 13.0 Å². The van der Waals surface area contributed by atoms with Crippen molar-refractivity contribution < 1.29 is 13.2 Å². The summed E-state index contributed by atoms with van der Waals surface area (Å²) in [7, 11) is 1.75. The van der Waals surface area contributed by atoms with E-state index in [1.807, 2.05) is 0 Å². The van der Waals surface area contributed by atoms with Crippen molar-refractivity contribution >= 4 is 17.5 Å². The van der Waals surface area contributed by atoms with Gasteiger partial charge in [0.05, 0.1) is 24.1 Å². The highest BCUT2D eigenvalue weighted by molar-refractivity contribution is 5.53. The molecule has 9 heteroatoms. The third-order valence-corrected chi connectivity index (χ3v) is 3.44. The predicted molar refractivity (Wildman–Crippen MR) is 86.9 cm³/mol. The van der Waals surface area contributed by atoms with Gasteiger partial charge in [0.2, 0.25) is 5.95 Å². The van der Waals surface area contributed by atoms with Crippen LogP contribution >= 0.6 is 0 Å². The summed E-state index contributed by atoms with van der Waals surface area (Å²) >= 11 is 0. The third-order valence-electron chi connectivity index (χ3n) is 3.44. The van der Waals surface area contributed by atoms with Gasteiger partial charge in [-0.05, 0) is 24.6 Å². The fourth-order valence-corrected chi connectivity index (χ4v) is 2.26. The molecule has 2 heterocycles. The first-order chi connectivity index (χ1) is 11.9. The van der Waals surface area contributed by atoms with Crippen LogP contribution in [0.5, 0.6) is 0 Å². The maximum Gasteiger partial charge on any atom is 0.229 e. The minimum atomic E-state index is -0.703. The molecular weight excluding hydrogens is 333 g/mol. The van der Waals surface area contributed by atoms with Gasteiger partial charge in [-0.3, -0.25) is 4.68 Å². The van der Waals surface area contributed by atoms with Gasteiger partial charge in [-0.15, -0.1) is 0 Å². The Hall–Kier alpha value is -3.10. The van der Waals surface area contributed by atoms with E-state index < -0.39 is 23.5 Å². The fourth-order valence-electron chi connectivity index (χ4n) is 2.26. The van der Waals surface area contributed by atoms with Crippen LogP contribution in [-0.2, 0) is 7.05 Å². The van der Waals surface area contributed by atoms with Gasteiger partial charge in [0.1, 0.15) is 11.6 Å². The first kappa shape index (κ1) is 16.7. The first-order valence-electron chi connectivity index (χ1n) is 7.41. The van der Waals surface area contributed by atoms with Crippen molar-refractivity contribution in [1.82, 2.24) is 19.7 Å². The van der Waals surface area contributed by atoms with E-state index in [9.17, 15) is 13.2 Å². The molecule has 0 spiro atoms. The molecule has 1 atom stereocenters. The Morgan fingerprint density at radius 3 is 2.44 bits per heavy atom. The summed E-state index contributed by atoms with van der Waals surface area (Å²) in [4.78, 5) is 7.91. The number of hydrogen-bond donors (Lipinski definition) is 2. The van der Waals surface area contributed by atoms with Crippen molar-refractivity contribution in [3.8, 4) is 0 Å². The normalized spacial score (nSPS) is 12.0. The molecule has 2 aromatic heterocycles. The lowest BCUT2D eigenvalue weighted by Gasteiger charge is -2.16. The summed E-state index contributed by atoms with van der Waals surface area (Å²) in [5.41, 5.74) is 0.970. The minimum Gasteiger partial charge on any atom is -0.361 e. The molecule has 2 N–H and O–H groups in total. The Morgan fingerprint density at radius 1 is 1.08 bits per heavy atom. The van der Waals surface area contributed by atoms with Gasteiger partial charge in [0, 0.05) is 19.3 Å². The average Bonchev–Trinajstić information content (AvgIpc) is 2.94. The molecular formula is C16H15F3N6. The van der Waals surface area contributed by atoms with Gasteiger partial charge < -0.3 is 10.6 Å². The Morgan fingerprint density at radius 2 is 1.80 bits per heavy atom. The zero-order valence-corrected chi connectivity index (χ0v) is 13.5. The van der Waals surface area contributed by atoms with Crippen LogP contribution in [0, 0.1) is 17.5 Å².